The standard InChI is InChI=1S/C19H21N7O2.C2H6.2H2/c1-14(27)17-13-26(25-23-17)10-3-2-6-16-7-8-18(24-22-16)21-19(28)11-15-5-4-9-20-12-15;1-2;;/h4-5,7-9,12-13H,2-3,6,10-11H2,1H3,(H,21,24,28);1-2H3;2*1H. The third kappa shape index (κ3) is 7.50. The highest BCUT2D eigenvalue weighted by Crippen LogP contribution is 2.07. The Labute approximate surface area is 178 Å². The Bertz CT molecular complexity index is 935. The number of unbranched alkanes of at least 4 members (excludes halogenated alkanes) is 1. The fraction of sp³-hybridized carbons (Fsp3) is 0.381. The molecule has 0 radical (unpaired) electrons. The smallest absolute Gasteiger partial charge is 0.230 e. The molecule has 0 spiro atoms. The number of Topliss-reactive ketones (excluding diaryl/α,β-unsaturated/α-hetero) is 1. The highest BCUT2D eigenvalue weighted by molar-refractivity contribution is 5.91. The van der Waals surface area contributed by atoms with Crippen molar-refractivity contribution < 1.29 is 12.4 Å². The lowest BCUT2D eigenvalue weighted by Gasteiger charge is -2.05. The van der Waals surface area contributed by atoms with Crippen molar-refractivity contribution >= 4 is 17.5 Å². The average molecular weight is 414 g/mol. The molecule has 0 aliphatic carbocycles. The summed E-state index contributed by atoms with van der Waals surface area (Å²) in [5.41, 5.74) is 2.08. The van der Waals surface area contributed by atoms with Crippen LogP contribution in [0.1, 0.15) is 58.2 Å². The van der Waals surface area contributed by atoms with Gasteiger partial charge >= 0.3 is 0 Å². The Morgan fingerprint density at radius 3 is 2.57 bits per heavy atom. The van der Waals surface area contributed by atoms with E-state index in [2.05, 4.69) is 30.8 Å². The van der Waals surface area contributed by atoms with Crippen LogP contribution in [-0.2, 0) is 24.2 Å². The van der Waals surface area contributed by atoms with Gasteiger partial charge in [-0.25, -0.2) is 0 Å². The predicted octanol–water partition coefficient (Wildman–Crippen LogP) is 3.39. The van der Waals surface area contributed by atoms with Crippen LogP contribution >= 0.6 is 0 Å². The number of nitrogens with one attached hydrogen (secondary N) is 1. The van der Waals surface area contributed by atoms with Gasteiger partial charge in [0.1, 0.15) is 5.69 Å². The molecule has 3 heterocycles. The van der Waals surface area contributed by atoms with Gasteiger partial charge in [-0.2, -0.15) is 5.10 Å². The van der Waals surface area contributed by atoms with E-state index in [1.165, 1.54) is 6.92 Å². The average Bonchev–Trinajstić information content (AvgIpc) is 3.24. The first-order valence-electron chi connectivity index (χ1n) is 10.0. The van der Waals surface area contributed by atoms with Crippen LogP contribution in [0.4, 0.5) is 5.82 Å². The quantitative estimate of drug-likeness (QED) is 0.422. The van der Waals surface area contributed by atoms with Crippen molar-refractivity contribution in [2.75, 3.05) is 5.32 Å². The molecule has 3 rings (SSSR count). The van der Waals surface area contributed by atoms with Gasteiger partial charge in [-0.15, -0.1) is 10.2 Å². The highest BCUT2D eigenvalue weighted by atomic mass is 16.1. The van der Waals surface area contributed by atoms with E-state index in [0.29, 0.717) is 18.1 Å². The number of aryl methyl sites for hydroxylation is 2. The number of hydrogen-bond donors (Lipinski definition) is 1. The summed E-state index contributed by atoms with van der Waals surface area (Å²) < 4.78 is 1.67. The van der Waals surface area contributed by atoms with Gasteiger partial charge in [-0.05, 0) is 43.0 Å². The van der Waals surface area contributed by atoms with Crippen LogP contribution in [0.3, 0.4) is 0 Å². The SMILES string of the molecule is CC.CC(=O)c1cn(CCCCc2ccc(NC(=O)Cc3cccnc3)nn2)nn1.[HH].[HH]. The molecular formula is C21H31N7O2. The Kier molecular flexibility index (Phi) is 9.23. The summed E-state index contributed by atoms with van der Waals surface area (Å²) >= 11 is 0. The van der Waals surface area contributed by atoms with Gasteiger partial charge in [0.25, 0.3) is 0 Å². The number of carbonyl (C=O) groups is 2. The Balaban J connectivity index is 0.00000234. The maximum atomic E-state index is 12.0. The van der Waals surface area contributed by atoms with Gasteiger partial charge in [-0.3, -0.25) is 19.3 Å². The van der Waals surface area contributed by atoms with E-state index in [1.807, 2.05) is 26.0 Å². The van der Waals surface area contributed by atoms with E-state index in [1.54, 1.807) is 35.4 Å². The van der Waals surface area contributed by atoms with Crippen LogP contribution in [0.25, 0.3) is 0 Å². The maximum absolute atomic E-state index is 12.0. The van der Waals surface area contributed by atoms with Crippen LogP contribution in [0.2, 0.25) is 0 Å². The number of anilines is 1. The fourth-order valence-corrected chi connectivity index (χ4v) is 2.58. The first kappa shape index (κ1) is 22.8. The number of nitrogens with zero attached hydrogens (tertiary/aromatic N) is 6. The molecule has 9 heteroatoms. The topological polar surface area (TPSA) is 116 Å². The molecule has 0 aliphatic rings. The second kappa shape index (κ2) is 12.2. The molecule has 0 saturated heterocycles. The van der Waals surface area contributed by atoms with Crippen LogP contribution in [-0.4, -0.2) is 41.9 Å². The number of carbonyl (C=O) groups excluding carboxylic acids is 2. The van der Waals surface area contributed by atoms with Gasteiger partial charge in [0.15, 0.2) is 11.6 Å². The van der Waals surface area contributed by atoms with E-state index in [9.17, 15) is 9.59 Å². The molecule has 3 aromatic heterocycles. The maximum Gasteiger partial charge on any atom is 0.230 e. The number of aromatic nitrogens is 6. The molecule has 0 fully saturated rings. The van der Waals surface area contributed by atoms with E-state index >= 15 is 0 Å². The minimum absolute atomic E-state index is 0. The summed E-state index contributed by atoms with van der Waals surface area (Å²) in [7, 11) is 0. The summed E-state index contributed by atoms with van der Waals surface area (Å²) in [5.74, 6) is 0.180. The molecule has 0 unspecified atom stereocenters. The van der Waals surface area contributed by atoms with E-state index < -0.39 is 0 Å². The number of amides is 1. The van der Waals surface area contributed by atoms with Gasteiger partial charge < -0.3 is 5.32 Å². The summed E-state index contributed by atoms with van der Waals surface area (Å²) in [6.45, 7) is 6.16. The Morgan fingerprint density at radius 1 is 1.10 bits per heavy atom. The van der Waals surface area contributed by atoms with Crippen molar-refractivity contribution in [3.05, 3.63) is 59.8 Å². The Morgan fingerprint density at radius 2 is 1.93 bits per heavy atom. The molecule has 1 N–H and O–H groups in total. The normalized spacial score (nSPS) is 10.1. The summed E-state index contributed by atoms with van der Waals surface area (Å²) in [6.07, 6.45) is 7.78. The van der Waals surface area contributed by atoms with E-state index in [-0.39, 0.29) is 21.0 Å². The van der Waals surface area contributed by atoms with Crippen molar-refractivity contribution in [1.29, 1.82) is 0 Å². The van der Waals surface area contributed by atoms with Gasteiger partial charge in [0.2, 0.25) is 5.91 Å². The number of ketones is 1. The summed E-state index contributed by atoms with van der Waals surface area (Å²) in [5, 5.41) is 18.7. The molecular weight excluding hydrogens is 382 g/mol. The number of rotatable bonds is 9. The molecule has 0 bridgehead atoms. The molecule has 1 amide bonds. The van der Waals surface area contributed by atoms with Crippen LogP contribution in [0, 0.1) is 0 Å². The van der Waals surface area contributed by atoms with Gasteiger partial charge in [-0.1, -0.05) is 25.1 Å². The van der Waals surface area contributed by atoms with Crippen molar-refractivity contribution in [2.24, 2.45) is 0 Å². The van der Waals surface area contributed by atoms with Gasteiger partial charge in [0, 0.05) is 28.7 Å². The molecule has 3 aromatic rings. The van der Waals surface area contributed by atoms with Crippen LogP contribution in [0.15, 0.2) is 42.9 Å². The molecule has 9 nitrogen and oxygen atoms in total. The van der Waals surface area contributed by atoms with Gasteiger partial charge in [0.05, 0.1) is 18.3 Å². The zero-order valence-electron chi connectivity index (χ0n) is 17.6. The monoisotopic (exact) mass is 413 g/mol. The van der Waals surface area contributed by atoms with Crippen molar-refractivity contribution in [3.63, 3.8) is 0 Å². The van der Waals surface area contributed by atoms with Crippen LogP contribution < -0.4 is 5.32 Å². The molecule has 0 atom stereocenters. The lowest BCUT2D eigenvalue weighted by Crippen LogP contribution is -2.16. The first-order valence-corrected chi connectivity index (χ1v) is 10.0. The summed E-state index contributed by atoms with van der Waals surface area (Å²) in [4.78, 5) is 27.2. The van der Waals surface area contributed by atoms with Crippen LogP contribution in [0.5, 0.6) is 0 Å². The van der Waals surface area contributed by atoms with E-state index in [4.69, 9.17) is 0 Å². The predicted molar refractivity (Wildman–Crippen MR) is 117 cm³/mol. The molecule has 0 aliphatic heterocycles. The zero-order valence-corrected chi connectivity index (χ0v) is 17.6. The zero-order chi connectivity index (χ0) is 21.8. The second-order valence-corrected chi connectivity index (χ2v) is 6.38. The second-order valence-electron chi connectivity index (χ2n) is 6.38. The summed E-state index contributed by atoms with van der Waals surface area (Å²) in [6, 6.07) is 7.25. The third-order valence-electron chi connectivity index (χ3n) is 4.04. The lowest BCUT2D eigenvalue weighted by atomic mass is 10.2. The fourth-order valence-electron chi connectivity index (χ4n) is 2.58. The molecule has 0 saturated carbocycles. The van der Waals surface area contributed by atoms with Crippen molar-refractivity contribution in [2.45, 2.75) is 53.0 Å². The third-order valence-corrected chi connectivity index (χ3v) is 4.04. The highest BCUT2D eigenvalue weighted by Gasteiger charge is 2.07. The lowest BCUT2D eigenvalue weighted by molar-refractivity contribution is -0.115. The minimum Gasteiger partial charge on any atom is -0.309 e. The number of pyridine rings is 1. The number of hydrogen-bond acceptors (Lipinski definition) is 7. The van der Waals surface area contributed by atoms with Crippen molar-refractivity contribution in [3.8, 4) is 0 Å². The Hall–Kier alpha value is -3.49. The largest absolute Gasteiger partial charge is 0.309 e. The molecule has 0 aromatic carbocycles. The first-order chi connectivity index (χ1) is 14.6. The van der Waals surface area contributed by atoms with E-state index in [0.717, 1.165) is 30.5 Å². The molecule has 162 valence electrons. The molecule has 30 heavy (non-hydrogen) atoms. The minimum atomic E-state index is -0.159. The van der Waals surface area contributed by atoms with Crippen molar-refractivity contribution in [1.82, 2.24) is 30.2 Å².